The van der Waals surface area contributed by atoms with Crippen molar-refractivity contribution < 1.29 is 0 Å². The standard InChI is InChI=1S/C18H30N2/c1-15(2)19-13-18(3,4)14-20-11-10-17(12-20)16-8-6-5-7-9-16/h5-9,15,17,19H,10-14H2,1-4H3. The third-order valence-corrected chi connectivity index (χ3v) is 4.18. The fourth-order valence-corrected chi connectivity index (χ4v) is 3.12. The zero-order valence-corrected chi connectivity index (χ0v) is 13.5. The van der Waals surface area contributed by atoms with Crippen molar-refractivity contribution >= 4 is 0 Å². The minimum absolute atomic E-state index is 0.343. The Bertz CT molecular complexity index is 397. The lowest BCUT2D eigenvalue weighted by atomic mass is 9.92. The van der Waals surface area contributed by atoms with Crippen molar-refractivity contribution in [2.75, 3.05) is 26.2 Å². The van der Waals surface area contributed by atoms with Gasteiger partial charge in [-0.05, 0) is 29.9 Å². The summed E-state index contributed by atoms with van der Waals surface area (Å²) in [5, 5.41) is 3.58. The van der Waals surface area contributed by atoms with Gasteiger partial charge in [0.15, 0.2) is 0 Å². The van der Waals surface area contributed by atoms with Crippen LogP contribution in [-0.2, 0) is 0 Å². The number of nitrogens with one attached hydrogen (secondary N) is 1. The first-order valence-corrected chi connectivity index (χ1v) is 7.97. The number of benzene rings is 1. The van der Waals surface area contributed by atoms with Crippen LogP contribution in [0.15, 0.2) is 30.3 Å². The first-order valence-electron chi connectivity index (χ1n) is 7.97. The maximum Gasteiger partial charge on any atom is 0.00510 e. The van der Waals surface area contributed by atoms with Gasteiger partial charge < -0.3 is 10.2 Å². The smallest absolute Gasteiger partial charge is 0.00510 e. The van der Waals surface area contributed by atoms with Crippen LogP contribution in [0.5, 0.6) is 0 Å². The van der Waals surface area contributed by atoms with E-state index in [0.29, 0.717) is 11.5 Å². The molecule has 0 bridgehead atoms. The van der Waals surface area contributed by atoms with Crippen LogP contribution in [0.25, 0.3) is 0 Å². The minimum atomic E-state index is 0.343. The zero-order chi connectivity index (χ0) is 14.6. The van der Waals surface area contributed by atoms with Crippen molar-refractivity contribution in [3.05, 3.63) is 35.9 Å². The van der Waals surface area contributed by atoms with Gasteiger partial charge in [0.25, 0.3) is 0 Å². The second-order valence-electron chi connectivity index (χ2n) is 7.33. The maximum absolute atomic E-state index is 3.58. The first-order chi connectivity index (χ1) is 9.46. The van der Waals surface area contributed by atoms with Crippen molar-refractivity contribution in [3.63, 3.8) is 0 Å². The highest BCUT2D eigenvalue weighted by atomic mass is 15.2. The molecule has 0 saturated carbocycles. The lowest BCUT2D eigenvalue weighted by Crippen LogP contribution is -2.41. The Balaban J connectivity index is 1.84. The van der Waals surface area contributed by atoms with E-state index < -0.39 is 0 Å². The molecule has 2 rings (SSSR count). The molecule has 0 aliphatic carbocycles. The molecule has 1 fully saturated rings. The quantitative estimate of drug-likeness (QED) is 0.854. The number of likely N-dealkylation sites (tertiary alicyclic amines) is 1. The van der Waals surface area contributed by atoms with E-state index in [1.807, 2.05) is 0 Å². The summed E-state index contributed by atoms with van der Waals surface area (Å²) in [6, 6.07) is 11.6. The van der Waals surface area contributed by atoms with Gasteiger partial charge >= 0.3 is 0 Å². The predicted molar refractivity (Wildman–Crippen MR) is 87.2 cm³/mol. The second-order valence-corrected chi connectivity index (χ2v) is 7.33. The summed E-state index contributed by atoms with van der Waals surface area (Å²) in [5.41, 5.74) is 1.85. The Morgan fingerprint density at radius 2 is 1.95 bits per heavy atom. The second kappa shape index (κ2) is 6.73. The Hall–Kier alpha value is -0.860. The summed E-state index contributed by atoms with van der Waals surface area (Å²) in [7, 11) is 0. The Kier molecular flexibility index (Phi) is 5.22. The Morgan fingerprint density at radius 3 is 2.60 bits per heavy atom. The summed E-state index contributed by atoms with van der Waals surface area (Å²) in [6.45, 7) is 13.9. The van der Waals surface area contributed by atoms with E-state index in [9.17, 15) is 0 Å². The molecule has 20 heavy (non-hydrogen) atoms. The van der Waals surface area contributed by atoms with Gasteiger partial charge in [-0.25, -0.2) is 0 Å². The van der Waals surface area contributed by atoms with Gasteiger partial charge in [0, 0.05) is 25.7 Å². The molecule has 112 valence electrons. The highest BCUT2D eigenvalue weighted by Crippen LogP contribution is 2.29. The van der Waals surface area contributed by atoms with E-state index in [4.69, 9.17) is 0 Å². The number of hydrogen-bond acceptors (Lipinski definition) is 2. The topological polar surface area (TPSA) is 15.3 Å². The highest BCUT2D eigenvalue weighted by Gasteiger charge is 2.28. The van der Waals surface area contributed by atoms with Crippen molar-refractivity contribution in [1.82, 2.24) is 10.2 Å². The molecule has 0 spiro atoms. The largest absolute Gasteiger partial charge is 0.314 e. The zero-order valence-electron chi connectivity index (χ0n) is 13.5. The number of rotatable bonds is 6. The molecule has 0 radical (unpaired) electrons. The molecule has 2 nitrogen and oxygen atoms in total. The van der Waals surface area contributed by atoms with E-state index in [1.165, 1.54) is 31.6 Å². The lowest BCUT2D eigenvalue weighted by Gasteiger charge is -2.31. The SMILES string of the molecule is CC(C)NCC(C)(C)CN1CCC(c2ccccc2)C1. The van der Waals surface area contributed by atoms with Crippen LogP contribution < -0.4 is 5.32 Å². The van der Waals surface area contributed by atoms with Gasteiger partial charge in [-0.3, -0.25) is 0 Å². The third kappa shape index (κ3) is 4.60. The molecule has 1 saturated heterocycles. The fraction of sp³-hybridized carbons (Fsp3) is 0.667. The molecule has 1 aromatic carbocycles. The summed E-state index contributed by atoms with van der Waals surface area (Å²) in [4.78, 5) is 2.64. The van der Waals surface area contributed by atoms with Gasteiger partial charge in [0.2, 0.25) is 0 Å². The van der Waals surface area contributed by atoms with Crippen LogP contribution >= 0.6 is 0 Å². The van der Waals surface area contributed by atoms with Crippen LogP contribution in [0, 0.1) is 5.41 Å². The van der Waals surface area contributed by atoms with E-state index in [2.05, 4.69) is 68.2 Å². The molecule has 1 heterocycles. The number of nitrogens with zero attached hydrogens (tertiary/aromatic N) is 1. The van der Waals surface area contributed by atoms with Gasteiger partial charge in [0.1, 0.15) is 0 Å². The van der Waals surface area contributed by atoms with Crippen molar-refractivity contribution in [2.24, 2.45) is 5.41 Å². The van der Waals surface area contributed by atoms with Gasteiger partial charge in [-0.1, -0.05) is 58.0 Å². The van der Waals surface area contributed by atoms with Crippen LogP contribution in [0.4, 0.5) is 0 Å². The van der Waals surface area contributed by atoms with Gasteiger partial charge in [-0.15, -0.1) is 0 Å². The molecular formula is C18H30N2. The predicted octanol–water partition coefficient (Wildman–Crippen LogP) is 3.50. The van der Waals surface area contributed by atoms with Crippen molar-refractivity contribution in [2.45, 2.75) is 46.1 Å². The van der Waals surface area contributed by atoms with Crippen LogP contribution in [0.2, 0.25) is 0 Å². The van der Waals surface area contributed by atoms with E-state index >= 15 is 0 Å². The maximum atomic E-state index is 3.58. The van der Waals surface area contributed by atoms with Crippen LogP contribution in [-0.4, -0.2) is 37.1 Å². The summed E-state index contributed by atoms with van der Waals surface area (Å²) < 4.78 is 0. The molecule has 1 aliphatic rings. The van der Waals surface area contributed by atoms with E-state index in [-0.39, 0.29) is 0 Å². The first kappa shape index (κ1) is 15.5. The molecule has 1 atom stereocenters. The van der Waals surface area contributed by atoms with Crippen molar-refractivity contribution in [3.8, 4) is 0 Å². The molecule has 2 heteroatoms. The average molecular weight is 274 g/mol. The summed E-state index contributed by atoms with van der Waals surface area (Å²) in [6.07, 6.45) is 1.30. The van der Waals surface area contributed by atoms with Gasteiger partial charge in [-0.2, -0.15) is 0 Å². The molecule has 1 unspecified atom stereocenters. The molecule has 0 amide bonds. The van der Waals surface area contributed by atoms with Crippen LogP contribution in [0.1, 0.15) is 45.6 Å². The van der Waals surface area contributed by atoms with E-state index in [0.717, 1.165) is 12.5 Å². The molecule has 1 N–H and O–H groups in total. The fourth-order valence-electron chi connectivity index (χ4n) is 3.12. The summed E-state index contributed by atoms with van der Waals surface area (Å²) in [5.74, 6) is 0.727. The molecular weight excluding hydrogens is 244 g/mol. The molecule has 1 aliphatic heterocycles. The van der Waals surface area contributed by atoms with Crippen molar-refractivity contribution in [1.29, 1.82) is 0 Å². The Morgan fingerprint density at radius 1 is 1.25 bits per heavy atom. The normalized spacial score (nSPS) is 20.8. The summed E-state index contributed by atoms with van der Waals surface area (Å²) >= 11 is 0. The lowest BCUT2D eigenvalue weighted by molar-refractivity contribution is 0.199. The number of hydrogen-bond donors (Lipinski definition) is 1. The van der Waals surface area contributed by atoms with Crippen LogP contribution in [0.3, 0.4) is 0 Å². The monoisotopic (exact) mass is 274 g/mol. The third-order valence-electron chi connectivity index (χ3n) is 4.18. The molecule has 0 aromatic heterocycles. The Labute approximate surface area is 124 Å². The van der Waals surface area contributed by atoms with Gasteiger partial charge in [0.05, 0.1) is 0 Å². The van der Waals surface area contributed by atoms with E-state index in [1.54, 1.807) is 0 Å². The minimum Gasteiger partial charge on any atom is -0.314 e. The average Bonchev–Trinajstić information content (AvgIpc) is 2.85. The highest BCUT2D eigenvalue weighted by molar-refractivity contribution is 5.21. The molecule has 1 aromatic rings.